The van der Waals surface area contributed by atoms with Crippen LogP contribution in [0.5, 0.6) is 0 Å². The summed E-state index contributed by atoms with van der Waals surface area (Å²) in [6.45, 7) is 3.19. The number of nitrogens with one attached hydrogen (secondary N) is 1. The van der Waals surface area contributed by atoms with Crippen LogP contribution in [0.2, 0.25) is 0 Å². The van der Waals surface area contributed by atoms with Gasteiger partial charge < -0.3 is 9.73 Å². The van der Waals surface area contributed by atoms with Gasteiger partial charge in [-0.05, 0) is 26.4 Å². The number of rotatable bonds is 8. The van der Waals surface area contributed by atoms with Crippen LogP contribution in [0, 0.1) is 0 Å². The number of aryl methyl sites for hydroxylation is 2. The average molecular weight is 211 g/mol. The van der Waals surface area contributed by atoms with Crippen molar-refractivity contribution >= 4 is 0 Å². The molecule has 86 valence electrons. The first-order valence-electron chi connectivity index (χ1n) is 5.82. The van der Waals surface area contributed by atoms with Gasteiger partial charge in [-0.3, -0.25) is 0 Å². The second kappa shape index (κ2) is 7.40. The lowest BCUT2D eigenvalue weighted by atomic mass is 10.2. The minimum Gasteiger partial charge on any atom is -0.425 e. The maximum atomic E-state index is 5.53. The van der Waals surface area contributed by atoms with Gasteiger partial charge in [0.15, 0.2) is 0 Å². The van der Waals surface area contributed by atoms with E-state index in [1.165, 1.54) is 12.8 Å². The monoisotopic (exact) mass is 211 g/mol. The van der Waals surface area contributed by atoms with Crippen molar-refractivity contribution in [2.75, 3.05) is 13.6 Å². The molecule has 4 nitrogen and oxygen atoms in total. The quantitative estimate of drug-likeness (QED) is 0.668. The molecule has 0 aliphatic rings. The Morgan fingerprint density at radius 2 is 1.73 bits per heavy atom. The maximum absolute atomic E-state index is 5.53. The fourth-order valence-electron chi connectivity index (χ4n) is 1.43. The molecule has 0 saturated carbocycles. The third-order valence-electron chi connectivity index (χ3n) is 2.32. The minimum absolute atomic E-state index is 0.775. The summed E-state index contributed by atoms with van der Waals surface area (Å²) in [7, 11) is 1.95. The Morgan fingerprint density at radius 3 is 2.33 bits per heavy atom. The topological polar surface area (TPSA) is 51.0 Å². The summed E-state index contributed by atoms with van der Waals surface area (Å²) in [5.41, 5.74) is 0. The van der Waals surface area contributed by atoms with Crippen LogP contribution in [-0.2, 0) is 12.8 Å². The molecular weight excluding hydrogens is 190 g/mol. The molecule has 0 aliphatic heterocycles. The smallest absolute Gasteiger partial charge is 0.216 e. The normalized spacial score (nSPS) is 10.8. The molecule has 0 bridgehead atoms. The molecule has 0 saturated heterocycles. The van der Waals surface area contributed by atoms with Crippen molar-refractivity contribution in [3.8, 4) is 0 Å². The maximum Gasteiger partial charge on any atom is 0.216 e. The summed E-state index contributed by atoms with van der Waals surface area (Å²) in [6, 6.07) is 0. The lowest BCUT2D eigenvalue weighted by molar-refractivity contribution is 0.436. The zero-order chi connectivity index (χ0) is 10.9. The molecule has 0 atom stereocenters. The lowest BCUT2D eigenvalue weighted by Crippen LogP contribution is -2.08. The molecule has 1 aromatic heterocycles. The zero-order valence-corrected chi connectivity index (χ0v) is 9.75. The van der Waals surface area contributed by atoms with Gasteiger partial charge in [0.05, 0.1) is 0 Å². The second-order valence-corrected chi connectivity index (χ2v) is 3.75. The Morgan fingerprint density at radius 1 is 1.07 bits per heavy atom. The number of hydrogen-bond acceptors (Lipinski definition) is 4. The van der Waals surface area contributed by atoms with Gasteiger partial charge in [-0.2, -0.15) is 0 Å². The predicted octanol–water partition coefficient (Wildman–Crippen LogP) is 1.95. The molecule has 1 heterocycles. The predicted molar refractivity (Wildman–Crippen MR) is 59.8 cm³/mol. The van der Waals surface area contributed by atoms with Crippen LogP contribution in [0.15, 0.2) is 4.42 Å². The highest BCUT2D eigenvalue weighted by atomic mass is 16.4. The third-order valence-corrected chi connectivity index (χ3v) is 2.32. The Bertz CT molecular complexity index is 236. The molecule has 0 amide bonds. The fourth-order valence-corrected chi connectivity index (χ4v) is 1.43. The lowest BCUT2D eigenvalue weighted by Gasteiger charge is -1.95. The standard InChI is InChI=1S/C11H21N3O/c1-3-4-5-7-10-13-14-11(15-10)8-6-9-12-2/h12H,3-9H2,1-2H3. The molecule has 1 N–H and O–H groups in total. The van der Waals surface area contributed by atoms with E-state index in [1.54, 1.807) is 0 Å². The van der Waals surface area contributed by atoms with Gasteiger partial charge in [0.1, 0.15) is 0 Å². The van der Waals surface area contributed by atoms with Gasteiger partial charge >= 0.3 is 0 Å². The number of unbranched alkanes of at least 4 members (excludes halogenated alkanes) is 2. The highest BCUT2D eigenvalue weighted by Gasteiger charge is 2.04. The van der Waals surface area contributed by atoms with Crippen molar-refractivity contribution in [2.45, 2.75) is 45.4 Å². The van der Waals surface area contributed by atoms with Crippen molar-refractivity contribution in [2.24, 2.45) is 0 Å². The molecule has 0 aromatic carbocycles. The molecule has 4 heteroatoms. The van der Waals surface area contributed by atoms with E-state index < -0.39 is 0 Å². The van der Waals surface area contributed by atoms with Crippen LogP contribution < -0.4 is 5.32 Å². The average Bonchev–Trinajstić information content (AvgIpc) is 2.67. The van der Waals surface area contributed by atoms with E-state index in [-0.39, 0.29) is 0 Å². The summed E-state index contributed by atoms with van der Waals surface area (Å²) < 4.78 is 5.53. The molecule has 0 fully saturated rings. The van der Waals surface area contributed by atoms with E-state index in [4.69, 9.17) is 4.42 Å². The zero-order valence-electron chi connectivity index (χ0n) is 9.75. The highest BCUT2D eigenvalue weighted by Crippen LogP contribution is 2.07. The SMILES string of the molecule is CCCCCc1nnc(CCCNC)o1. The van der Waals surface area contributed by atoms with Crippen molar-refractivity contribution in [1.29, 1.82) is 0 Å². The summed E-state index contributed by atoms with van der Waals surface area (Å²) >= 11 is 0. The summed E-state index contributed by atoms with van der Waals surface area (Å²) in [5.74, 6) is 1.57. The second-order valence-electron chi connectivity index (χ2n) is 3.75. The molecule has 0 aliphatic carbocycles. The largest absolute Gasteiger partial charge is 0.425 e. The van der Waals surface area contributed by atoms with Crippen LogP contribution in [0.1, 0.15) is 44.4 Å². The molecule has 15 heavy (non-hydrogen) atoms. The number of hydrogen-bond donors (Lipinski definition) is 1. The Kier molecular flexibility index (Phi) is 6.00. The molecule has 1 aromatic rings. The van der Waals surface area contributed by atoms with Gasteiger partial charge in [0, 0.05) is 12.8 Å². The van der Waals surface area contributed by atoms with E-state index in [0.717, 1.165) is 44.0 Å². The van der Waals surface area contributed by atoms with Crippen LogP contribution >= 0.6 is 0 Å². The first-order valence-corrected chi connectivity index (χ1v) is 5.82. The van der Waals surface area contributed by atoms with Gasteiger partial charge in [-0.15, -0.1) is 10.2 Å². The molecular formula is C11H21N3O. The van der Waals surface area contributed by atoms with Gasteiger partial charge in [0.25, 0.3) is 0 Å². The summed E-state index contributed by atoms with van der Waals surface area (Å²) in [4.78, 5) is 0. The Labute approximate surface area is 91.5 Å². The van der Waals surface area contributed by atoms with E-state index in [1.807, 2.05) is 7.05 Å². The molecule has 0 radical (unpaired) electrons. The number of aromatic nitrogens is 2. The van der Waals surface area contributed by atoms with Crippen molar-refractivity contribution in [3.63, 3.8) is 0 Å². The Balaban J connectivity index is 2.23. The summed E-state index contributed by atoms with van der Waals surface area (Å²) in [6.07, 6.45) is 6.46. The minimum atomic E-state index is 0.775. The summed E-state index contributed by atoms with van der Waals surface area (Å²) in [5, 5.41) is 11.1. The van der Waals surface area contributed by atoms with Crippen molar-refractivity contribution in [3.05, 3.63) is 11.8 Å². The highest BCUT2D eigenvalue weighted by molar-refractivity contribution is 4.82. The molecule has 0 unspecified atom stereocenters. The van der Waals surface area contributed by atoms with Crippen molar-refractivity contribution in [1.82, 2.24) is 15.5 Å². The first kappa shape index (κ1) is 12.2. The number of nitrogens with zero attached hydrogens (tertiary/aromatic N) is 2. The van der Waals surface area contributed by atoms with Crippen LogP contribution in [-0.4, -0.2) is 23.8 Å². The third kappa shape index (κ3) is 4.93. The van der Waals surface area contributed by atoms with E-state index >= 15 is 0 Å². The van der Waals surface area contributed by atoms with Crippen molar-refractivity contribution < 1.29 is 4.42 Å². The Hall–Kier alpha value is -0.900. The van der Waals surface area contributed by atoms with Crippen LogP contribution in [0.25, 0.3) is 0 Å². The van der Waals surface area contributed by atoms with E-state index in [2.05, 4.69) is 22.4 Å². The van der Waals surface area contributed by atoms with E-state index in [0.29, 0.717) is 0 Å². The van der Waals surface area contributed by atoms with Gasteiger partial charge in [-0.1, -0.05) is 19.8 Å². The van der Waals surface area contributed by atoms with Gasteiger partial charge in [0.2, 0.25) is 11.8 Å². The van der Waals surface area contributed by atoms with Crippen LogP contribution in [0.4, 0.5) is 0 Å². The molecule has 0 spiro atoms. The van der Waals surface area contributed by atoms with E-state index in [9.17, 15) is 0 Å². The van der Waals surface area contributed by atoms with Crippen LogP contribution in [0.3, 0.4) is 0 Å². The fraction of sp³-hybridized carbons (Fsp3) is 0.818. The van der Waals surface area contributed by atoms with Gasteiger partial charge in [-0.25, -0.2) is 0 Å². The first-order chi connectivity index (χ1) is 7.36. The molecule has 1 rings (SSSR count).